The fourth-order valence-corrected chi connectivity index (χ4v) is 4.15. The van der Waals surface area contributed by atoms with Crippen molar-refractivity contribution in [3.05, 3.63) is 71.3 Å². The van der Waals surface area contributed by atoms with Gasteiger partial charge in [-0.1, -0.05) is 48.0 Å². The number of carbonyl (C=O) groups is 1. The van der Waals surface area contributed by atoms with E-state index in [1.807, 2.05) is 37.3 Å². The predicted molar refractivity (Wildman–Crippen MR) is 109 cm³/mol. The van der Waals surface area contributed by atoms with Crippen LogP contribution >= 0.6 is 0 Å². The molecule has 1 aliphatic carbocycles. The Morgan fingerprint density at radius 2 is 1.68 bits per heavy atom. The van der Waals surface area contributed by atoms with Crippen LogP contribution in [0.2, 0.25) is 0 Å². The summed E-state index contributed by atoms with van der Waals surface area (Å²) in [6.45, 7) is 7.19. The largest absolute Gasteiger partial charge is 0.456 e. The highest BCUT2D eigenvalue weighted by molar-refractivity contribution is 7.89. The number of carbonyl (C=O) groups excluding carboxylic acids is 1. The van der Waals surface area contributed by atoms with Crippen LogP contribution in [0.4, 0.5) is 0 Å². The SMILES string of the molecule is Cc1ccc(S(=O)(=O)N[C@@H]2c3ccccc3C=C[C@H]2OC(=O)C(C)(C)C)cc1. The molecule has 0 saturated carbocycles. The zero-order valence-electron chi connectivity index (χ0n) is 16.5. The third-order valence-corrected chi connectivity index (χ3v) is 6.05. The van der Waals surface area contributed by atoms with Gasteiger partial charge in [-0.2, -0.15) is 4.72 Å². The van der Waals surface area contributed by atoms with E-state index in [9.17, 15) is 13.2 Å². The first kappa shape index (κ1) is 20.3. The van der Waals surface area contributed by atoms with Crippen LogP contribution in [0.1, 0.15) is 43.5 Å². The van der Waals surface area contributed by atoms with E-state index < -0.39 is 27.6 Å². The van der Waals surface area contributed by atoms with E-state index in [0.29, 0.717) is 0 Å². The van der Waals surface area contributed by atoms with Crippen LogP contribution in [0.25, 0.3) is 6.08 Å². The number of hydrogen-bond acceptors (Lipinski definition) is 4. The minimum absolute atomic E-state index is 0.172. The number of fused-ring (bicyclic) bond motifs is 1. The lowest BCUT2D eigenvalue weighted by molar-refractivity contribution is -0.157. The molecule has 0 unspecified atom stereocenters. The number of nitrogens with one attached hydrogen (secondary N) is 1. The maximum atomic E-state index is 13.0. The predicted octanol–water partition coefficient (Wildman–Crippen LogP) is 4.00. The molecule has 0 heterocycles. The molecule has 2 aromatic rings. The highest BCUT2D eigenvalue weighted by Gasteiger charge is 2.35. The first-order chi connectivity index (χ1) is 13.1. The highest BCUT2D eigenvalue weighted by atomic mass is 32.2. The Hall–Kier alpha value is -2.44. The number of benzene rings is 2. The molecule has 2 atom stereocenters. The lowest BCUT2D eigenvalue weighted by atomic mass is 9.91. The molecule has 0 bridgehead atoms. The number of esters is 1. The summed E-state index contributed by atoms with van der Waals surface area (Å²) >= 11 is 0. The number of aryl methyl sites for hydroxylation is 1. The fraction of sp³-hybridized carbons (Fsp3) is 0.318. The molecule has 148 valence electrons. The molecule has 1 N–H and O–H groups in total. The number of hydrogen-bond donors (Lipinski definition) is 1. The Kier molecular flexibility index (Phi) is 5.46. The van der Waals surface area contributed by atoms with Gasteiger partial charge in [0.05, 0.1) is 16.4 Å². The minimum Gasteiger partial charge on any atom is -0.456 e. The maximum absolute atomic E-state index is 13.0. The van der Waals surface area contributed by atoms with E-state index in [1.165, 1.54) is 0 Å². The van der Waals surface area contributed by atoms with Crippen molar-refractivity contribution in [3.8, 4) is 0 Å². The average molecular weight is 400 g/mol. The van der Waals surface area contributed by atoms with Crippen LogP contribution < -0.4 is 4.72 Å². The number of sulfonamides is 1. The van der Waals surface area contributed by atoms with Gasteiger partial charge in [-0.15, -0.1) is 0 Å². The van der Waals surface area contributed by atoms with Crippen LogP contribution in [-0.4, -0.2) is 20.5 Å². The monoisotopic (exact) mass is 399 g/mol. The van der Waals surface area contributed by atoms with Gasteiger partial charge < -0.3 is 4.74 Å². The maximum Gasteiger partial charge on any atom is 0.311 e. The Bertz CT molecular complexity index is 1000. The van der Waals surface area contributed by atoms with Crippen LogP contribution in [0.5, 0.6) is 0 Å². The third-order valence-electron chi connectivity index (χ3n) is 4.59. The highest BCUT2D eigenvalue weighted by Crippen LogP contribution is 2.32. The third kappa shape index (κ3) is 4.34. The van der Waals surface area contributed by atoms with Gasteiger partial charge in [0, 0.05) is 0 Å². The van der Waals surface area contributed by atoms with Crippen molar-refractivity contribution >= 4 is 22.1 Å². The van der Waals surface area contributed by atoms with Gasteiger partial charge in [-0.05, 0) is 57.0 Å². The van der Waals surface area contributed by atoms with Crippen LogP contribution in [-0.2, 0) is 19.6 Å². The second-order valence-corrected chi connectivity index (χ2v) is 9.73. The number of ether oxygens (including phenoxy) is 1. The molecule has 2 aromatic carbocycles. The summed E-state index contributed by atoms with van der Waals surface area (Å²) in [5.74, 6) is -0.388. The van der Waals surface area contributed by atoms with E-state index >= 15 is 0 Å². The Morgan fingerprint density at radius 3 is 2.32 bits per heavy atom. The summed E-state index contributed by atoms with van der Waals surface area (Å²) in [4.78, 5) is 12.6. The van der Waals surface area contributed by atoms with Crippen molar-refractivity contribution in [3.63, 3.8) is 0 Å². The topological polar surface area (TPSA) is 72.5 Å². The Morgan fingerprint density at radius 1 is 1.04 bits per heavy atom. The van der Waals surface area contributed by atoms with Gasteiger partial charge in [-0.3, -0.25) is 4.79 Å². The molecule has 0 radical (unpaired) electrons. The van der Waals surface area contributed by atoms with Crippen LogP contribution in [0.15, 0.2) is 59.5 Å². The minimum atomic E-state index is -3.80. The van der Waals surface area contributed by atoms with Crippen molar-refractivity contribution < 1.29 is 17.9 Å². The molecule has 0 aliphatic heterocycles. The lowest BCUT2D eigenvalue weighted by Crippen LogP contribution is -2.40. The van der Waals surface area contributed by atoms with E-state index in [4.69, 9.17) is 4.74 Å². The van der Waals surface area contributed by atoms with E-state index in [2.05, 4.69) is 4.72 Å². The Labute approximate surface area is 166 Å². The zero-order valence-corrected chi connectivity index (χ0v) is 17.3. The molecule has 1 aliphatic rings. The first-order valence-electron chi connectivity index (χ1n) is 9.15. The van der Waals surface area contributed by atoms with Crippen molar-refractivity contribution in [2.24, 2.45) is 5.41 Å². The molecule has 0 spiro atoms. The van der Waals surface area contributed by atoms with E-state index in [0.717, 1.165) is 16.7 Å². The van der Waals surface area contributed by atoms with Crippen LogP contribution in [0.3, 0.4) is 0 Å². The van der Waals surface area contributed by atoms with Gasteiger partial charge in [0.15, 0.2) is 0 Å². The van der Waals surface area contributed by atoms with E-state index in [-0.39, 0.29) is 10.9 Å². The summed E-state index contributed by atoms with van der Waals surface area (Å²) in [7, 11) is -3.80. The normalized spacial score (nSPS) is 19.1. The summed E-state index contributed by atoms with van der Waals surface area (Å²) < 4.78 is 34.4. The molecule has 3 rings (SSSR count). The lowest BCUT2D eigenvalue weighted by Gasteiger charge is -2.32. The van der Waals surface area contributed by atoms with Gasteiger partial charge in [0.2, 0.25) is 10.0 Å². The summed E-state index contributed by atoms with van der Waals surface area (Å²) in [6.07, 6.45) is 2.85. The van der Waals surface area contributed by atoms with Crippen molar-refractivity contribution in [1.82, 2.24) is 4.72 Å². The van der Waals surface area contributed by atoms with Crippen molar-refractivity contribution in [1.29, 1.82) is 0 Å². The molecule has 0 amide bonds. The quantitative estimate of drug-likeness (QED) is 0.789. The van der Waals surface area contributed by atoms with Gasteiger partial charge in [0.25, 0.3) is 0 Å². The number of rotatable bonds is 4. The summed E-state index contributed by atoms with van der Waals surface area (Å²) in [5, 5.41) is 0. The summed E-state index contributed by atoms with van der Waals surface area (Å²) in [6, 6.07) is 13.4. The van der Waals surface area contributed by atoms with Crippen molar-refractivity contribution in [2.45, 2.75) is 44.7 Å². The second kappa shape index (κ2) is 7.53. The molecule has 28 heavy (non-hydrogen) atoms. The Balaban J connectivity index is 1.96. The fourth-order valence-electron chi connectivity index (χ4n) is 2.92. The van der Waals surface area contributed by atoms with Crippen molar-refractivity contribution in [2.75, 3.05) is 0 Å². The molecule has 5 nitrogen and oxygen atoms in total. The zero-order chi connectivity index (χ0) is 20.5. The van der Waals surface area contributed by atoms with Crippen LogP contribution in [0, 0.1) is 12.3 Å². The van der Waals surface area contributed by atoms with Gasteiger partial charge in [-0.25, -0.2) is 8.42 Å². The van der Waals surface area contributed by atoms with Gasteiger partial charge >= 0.3 is 5.97 Å². The van der Waals surface area contributed by atoms with Gasteiger partial charge in [0.1, 0.15) is 6.10 Å². The first-order valence-corrected chi connectivity index (χ1v) is 10.6. The van der Waals surface area contributed by atoms with E-state index in [1.54, 1.807) is 51.1 Å². The summed E-state index contributed by atoms with van der Waals surface area (Å²) in [5.41, 5.74) is 1.95. The standard InChI is InChI=1S/C22H25NO4S/c1-15-9-12-17(13-10-15)28(25,26)23-20-18-8-6-5-7-16(18)11-14-19(20)27-21(24)22(2,3)4/h5-14,19-20,23H,1-4H3/t19-,20-/m1/s1. The molecule has 6 heteroatoms. The average Bonchev–Trinajstić information content (AvgIpc) is 2.63. The molecular formula is C22H25NO4S. The molecule has 0 fully saturated rings. The molecular weight excluding hydrogens is 374 g/mol. The smallest absolute Gasteiger partial charge is 0.311 e. The molecule has 0 aromatic heterocycles. The molecule has 0 saturated heterocycles. The second-order valence-electron chi connectivity index (χ2n) is 8.02.